The lowest BCUT2D eigenvalue weighted by Crippen LogP contribution is -2.33. The molecule has 47 heavy (non-hydrogen) atoms. The molecule has 1 aliphatic heterocycles. The van der Waals surface area contributed by atoms with Crippen LogP contribution in [-0.2, 0) is 32.1 Å². The lowest BCUT2D eigenvalue weighted by atomic mass is 9.93. The number of hydrogen-bond donors (Lipinski definition) is 1. The number of hydrogen-bond acceptors (Lipinski definition) is 6. The molecule has 3 aromatic carbocycles. The summed E-state index contributed by atoms with van der Waals surface area (Å²) in [4.78, 5) is 4.05. The molecule has 5 rings (SSSR count). The number of nitrogens with zero attached hydrogens (tertiary/aromatic N) is 6. The zero-order valence-corrected chi connectivity index (χ0v) is 25.0. The summed E-state index contributed by atoms with van der Waals surface area (Å²) in [6.07, 6.45) is -14.4. The second-order valence-electron chi connectivity index (χ2n) is 11.3. The molecule has 0 bridgehead atoms. The minimum atomic E-state index is -5.09. The molecule has 1 aromatic heterocycles. The molecule has 16 heteroatoms. The van der Waals surface area contributed by atoms with Gasteiger partial charge in [-0.25, -0.2) is 0 Å². The van der Waals surface area contributed by atoms with Gasteiger partial charge in [-0.2, -0.15) is 44.3 Å². The van der Waals surface area contributed by atoms with Gasteiger partial charge in [0.05, 0.1) is 42.4 Å². The minimum Gasteiger partial charge on any atom is -0.394 e. The van der Waals surface area contributed by atoms with E-state index in [-0.39, 0.29) is 41.8 Å². The third-order valence-electron chi connectivity index (χ3n) is 8.09. The van der Waals surface area contributed by atoms with E-state index in [1.807, 2.05) is 0 Å². The third kappa shape index (κ3) is 7.31. The molecule has 0 radical (unpaired) electrons. The molecular weight excluding hydrogens is 643 g/mol. The maximum Gasteiger partial charge on any atom is 0.416 e. The van der Waals surface area contributed by atoms with Gasteiger partial charge in [0.15, 0.2) is 0 Å². The van der Waals surface area contributed by atoms with Crippen LogP contribution >= 0.6 is 0 Å². The van der Waals surface area contributed by atoms with E-state index in [4.69, 9.17) is 0 Å². The fraction of sp³-hybridized carbons (Fsp3) is 0.387. The average molecular weight is 673 g/mol. The molecule has 252 valence electrons. The molecule has 7 nitrogen and oxygen atoms in total. The number of aryl methyl sites for hydroxylation is 2. The highest BCUT2D eigenvalue weighted by Crippen LogP contribution is 2.46. The predicted molar refractivity (Wildman–Crippen MR) is 153 cm³/mol. The van der Waals surface area contributed by atoms with Crippen LogP contribution in [0.15, 0.2) is 60.7 Å². The molecule has 0 amide bonds. The lowest BCUT2D eigenvalue weighted by Gasteiger charge is -2.36. The first kappa shape index (κ1) is 34.0. The predicted octanol–water partition coefficient (Wildman–Crippen LogP) is 7.66. The van der Waals surface area contributed by atoms with Gasteiger partial charge in [0.2, 0.25) is 0 Å². The van der Waals surface area contributed by atoms with Gasteiger partial charge in [-0.1, -0.05) is 41.5 Å². The van der Waals surface area contributed by atoms with E-state index in [9.17, 15) is 44.6 Å². The summed E-state index contributed by atoms with van der Waals surface area (Å²) in [6, 6.07) is 10.5. The van der Waals surface area contributed by atoms with Crippen LogP contribution < -0.4 is 9.80 Å². The number of aromatic nitrogens is 4. The van der Waals surface area contributed by atoms with Crippen molar-refractivity contribution in [2.75, 3.05) is 23.0 Å². The first-order valence-electron chi connectivity index (χ1n) is 14.4. The largest absolute Gasteiger partial charge is 0.416 e. The minimum absolute atomic E-state index is 0.0217. The van der Waals surface area contributed by atoms with E-state index in [0.717, 1.165) is 10.9 Å². The summed E-state index contributed by atoms with van der Waals surface area (Å²) in [7, 11) is 1.41. The van der Waals surface area contributed by atoms with Gasteiger partial charge in [0.1, 0.15) is 0 Å². The number of halogens is 9. The van der Waals surface area contributed by atoms with Crippen molar-refractivity contribution in [3.05, 3.63) is 99.6 Å². The van der Waals surface area contributed by atoms with Gasteiger partial charge in [0, 0.05) is 18.8 Å². The van der Waals surface area contributed by atoms with Crippen molar-refractivity contribution in [3.8, 4) is 0 Å². The van der Waals surface area contributed by atoms with Crippen LogP contribution in [0.25, 0.3) is 0 Å². The Morgan fingerprint density at radius 2 is 1.53 bits per heavy atom. The van der Waals surface area contributed by atoms with Crippen molar-refractivity contribution in [2.24, 2.45) is 7.05 Å². The Kier molecular flexibility index (Phi) is 9.18. The molecule has 2 heterocycles. The van der Waals surface area contributed by atoms with Gasteiger partial charge in [0.25, 0.3) is 5.95 Å². The maximum atomic E-state index is 14.2. The molecule has 0 saturated heterocycles. The lowest BCUT2D eigenvalue weighted by molar-refractivity contribution is -0.143. The molecular formula is C31H29F9N6O. The average Bonchev–Trinajstić information content (AvgIpc) is 3.34. The number of rotatable bonds is 7. The fourth-order valence-electron chi connectivity index (χ4n) is 5.99. The van der Waals surface area contributed by atoms with Crippen LogP contribution in [0.2, 0.25) is 0 Å². The summed E-state index contributed by atoms with van der Waals surface area (Å²) in [5, 5.41) is 22.4. The van der Waals surface area contributed by atoms with Gasteiger partial charge >= 0.3 is 18.5 Å². The highest BCUT2D eigenvalue weighted by Gasteiger charge is 2.40. The monoisotopic (exact) mass is 672 g/mol. The molecule has 0 aliphatic carbocycles. The molecule has 0 spiro atoms. The number of aliphatic hydroxyl groups is 1. The van der Waals surface area contributed by atoms with Crippen LogP contribution in [0.4, 0.5) is 51.1 Å². The summed E-state index contributed by atoms with van der Waals surface area (Å²) >= 11 is 0. The summed E-state index contributed by atoms with van der Waals surface area (Å²) < 4.78 is 125. The van der Waals surface area contributed by atoms with Gasteiger partial charge in [-0.05, 0) is 71.5 Å². The Hall–Kier alpha value is -4.34. The Bertz CT molecular complexity index is 1670. The zero-order valence-electron chi connectivity index (χ0n) is 25.0. The number of aliphatic hydroxyl groups excluding tert-OH is 1. The van der Waals surface area contributed by atoms with E-state index in [1.54, 1.807) is 35.2 Å². The summed E-state index contributed by atoms with van der Waals surface area (Å²) in [6.45, 7) is 0.422. The zero-order chi connectivity index (χ0) is 34.3. The Morgan fingerprint density at radius 3 is 2.06 bits per heavy atom. The van der Waals surface area contributed by atoms with Crippen molar-refractivity contribution in [3.63, 3.8) is 0 Å². The second kappa shape index (κ2) is 12.7. The number of fused-ring (bicyclic) bond motifs is 1. The topological polar surface area (TPSA) is 70.3 Å². The van der Waals surface area contributed by atoms with E-state index in [2.05, 4.69) is 15.4 Å². The molecule has 0 fully saturated rings. The van der Waals surface area contributed by atoms with E-state index >= 15 is 0 Å². The molecule has 0 saturated carbocycles. The van der Waals surface area contributed by atoms with E-state index in [0.29, 0.717) is 29.7 Å². The Labute approximate surface area is 263 Å². The van der Waals surface area contributed by atoms with E-state index in [1.165, 1.54) is 24.9 Å². The normalized spacial score (nSPS) is 16.5. The van der Waals surface area contributed by atoms with Crippen LogP contribution in [-0.4, -0.2) is 38.5 Å². The number of anilines is 2. The number of tetrazole rings is 1. The highest BCUT2D eigenvalue weighted by atomic mass is 19.4. The highest BCUT2D eigenvalue weighted by molar-refractivity contribution is 5.63. The van der Waals surface area contributed by atoms with Crippen LogP contribution in [0.3, 0.4) is 0 Å². The third-order valence-corrected chi connectivity index (χ3v) is 8.09. The first-order valence-corrected chi connectivity index (χ1v) is 14.4. The van der Waals surface area contributed by atoms with Crippen molar-refractivity contribution in [1.82, 2.24) is 20.2 Å². The Morgan fingerprint density at radius 1 is 0.894 bits per heavy atom. The number of benzene rings is 3. The standard InChI is InChI=1S/C31H29F9N6O/c1-18-11-23-25(9-6-10-45(26(23)15-24(18)31(38,39)40)27(17-47)20-7-4-3-5-8-20)46(28-41-43-44(2)42-28)16-19-12-21(29(32,33)34)14-22(13-19)30(35,36)37/h3-5,7-8,11-15,25,27,47H,6,9-10,16-17H2,1-2H3. The molecule has 1 N–H and O–H groups in total. The van der Waals surface area contributed by atoms with E-state index < -0.39 is 60.5 Å². The molecule has 4 aromatic rings. The smallest absolute Gasteiger partial charge is 0.394 e. The summed E-state index contributed by atoms with van der Waals surface area (Å²) in [5.74, 6) is -0.151. The fourth-order valence-corrected chi connectivity index (χ4v) is 5.99. The van der Waals surface area contributed by atoms with Gasteiger partial charge in [-0.3, -0.25) is 0 Å². The quantitative estimate of drug-likeness (QED) is 0.204. The van der Waals surface area contributed by atoms with Crippen molar-refractivity contribution in [2.45, 2.75) is 56.9 Å². The van der Waals surface area contributed by atoms with Crippen molar-refractivity contribution >= 4 is 11.6 Å². The summed E-state index contributed by atoms with van der Waals surface area (Å²) in [5.41, 5.74) is -3.44. The van der Waals surface area contributed by atoms with Crippen molar-refractivity contribution < 1.29 is 44.6 Å². The second-order valence-corrected chi connectivity index (χ2v) is 11.3. The van der Waals surface area contributed by atoms with Gasteiger partial charge < -0.3 is 14.9 Å². The number of alkyl halides is 9. The Balaban J connectivity index is 1.70. The van der Waals surface area contributed by atoms with Crippen LogP contribution in [0.5, 0.6) is 0 Å². The maximum absolute atomic E-state index is 14.2. The van der Waals surface area contributed by atoms with Gasteiger partial charge in [-0.15, -0.1) is 5.10 Å². The SMILES string of the molecule is Cc1cc2c(cc1C(F)(F)F)N(C(CO)c1ccccc1)CCCC2N(Cc1cc(C(F)(F)F)cc(C(F)(F)F)c1)c1nnn(C)n1. The molecule has 1 aliphatic rings. The van der Waals surface area contributed by atoms with Crippen LogP contribution in [0.1, 0.15) is 63.9 Å². The first-order chi connectivity index (χ1) is 22.0. The molecule has 2 atom stereocenters. The van der Waals surface area contributed by atoms with Crippen LogP contribution in [0, 0.1) is 6.92 Å². The molecule has 2 unspecified atom stereocenters. The van der Waals surface area contributed by atoms with Crippen molar-refractivity contribution in [1.29, 1.82) is 0 Å².